The van der Waals surface area contributed by atoms with Gasteiger partial charge in [0.25, 0.3) is 5.91 Å². The van der Waals surface area contributed by atoms with Gasteiger partial charge in [-0.2, -0.15) is 4.31 Å². The van der Waals surface area contributed by atoms with E-state index in [2.05, 4.69) is 30.7 Å². The molecule has 1 saturated heterocycles. The van der Waals surface area contributed by atoms with Crippen LogP contribution in [0.2, 0.25) is 0 Å². The van der Waals surface area contributed by atoms with E-state index < -0.39 is 15.8 Å². The summed E-state index contributed by atoms with van der Waals surface area (Å²) in [7, 11) is -3.60. The zero-order valence-electron chi connectivity index (χ0n) is 21.4. The molecule has 7 nitrogen and oxygen atoms in total. The topological polar surface area (TPSA) is 73.8 Å². The first-order chi connectivity index (χ1) is 17.2. The summed E-state index contributed by atoms with van der Waals surface area (Å²) in [5.41, 5.74) is 0.607. The normalized spacial score (nSPS) is 15.2. The molecule has 11 heteroatoms. The van der Waals surface area contributed by atoms with E-state index >= 15 is 0 Å². The van der Waals surface area contributed by atoms with Crippen LogP contribution in [0.1, 0.15) is 44.0 Å². The number of amides is 1. The SMILES string of the molecule is CCN(CC)CCN(C(=O)c1ccc(S(=O)(=O)N2CCC(C)CC2)cc1)c1nc2c(F)cccc2s1.Cl. The van der Waals surface area contributed by atoms with Crippen molar-refractivity contribution in [1.82, 2.24) is 14.2 Å². The number of thiazole rings is 1. The van der Waals surface area contributed by atoms with Gasteiger partial charge in [-0.05, 0) is 68.2 Å². The van der Waals surface area contributed by atoms with Crippen molar-refractivity contribution < 1.29 is 17.6 Å². The number of likely N-dealkylation sites (N-methyl/N-ethyl adjacent to an activating group) is 1. The Morgan fingerprint density at radius 1 is 1.08 bits per heavy atom. The van der Waals surface area contributed by atoms with Crippen LogP contribution in [-0.2, 0) is 10.0 Å². The lowest BCUT2D eigenvalue weighted by Crippen LogP contribution is -2.39. The van der Waals surface area contributed by atoms with Crippen LogP contribution in [0.4, 0.5) is 9.52 Å². The van der Waals surface area contributed by atoms with Crippen molar-refractivity contribution in [2.45, 2.75) is 38.5 Å². The fraction of sp³-hybridized carbons (Fsp3) is 0.462. The van der Waals surface area contributed by atoms with Crippen molar-refractivity contribution in [1.29, 1.82) is 0 Å². The van der Waals surface area contributed by atoms with Crippen molar-refractivity contribution in [3.05, 3.63) is 53.8 Å². The zero-order valence-corrected chi connectivity index (χ0v) is 23.8. The minimum atomic E-state index is -3.60. The largest absolute Gasteiger partial charge is 0.302 e. The third-order valence-electron chi connectivity index (χ3n) is 6.85. The number of rotatable bonds is 9. The van der Waals surface area contributed by atoms with Gasteiger partial charge in [-0.25, -0.2) is 17.8 Å². The number of carbonyl (C=O) groups excluding carboxylic acids is 1. The van der Waals surface area contributed by atoms with E-state index in [1.807, 2.05) is 0 Å². The summed E-state index contributed by atoms with van der Waals surface area (Å²) in [5, 5.41) is 0.423. The van der Waals surface area contributed by atoms with Crippen LogP contribution in [0, 0.1) is 11.7 Å². The van der Waals surface area contributed by atoms with Crippen LogP contribution >= 0.6 is 23.7 Å². The fourth-order valence-corrected chi connectivity index (χ4v) is 6.86. The number of fused-ring (bicyclic) bond motifs is 1. The number of anilines is 1. The molecule has 0 radical (unpaired) electrons. The summed E-state index contributed by atoms with van der Waals surface area (Å²) in [6.45, 7) is 9.98. The maximum absolute atomic E-state index is 14.3. The second-order valence-electron chi connectivity index (χ2n) is 9.18. The number of piperidine rings is 1. The van der Waals surface area contributed by atoms with Crippen LogP contribution in [0.5, 0.6) is 0 Å². The number of halogens is 2. The summed E-state index contributed by atoms with van der Waals surface area (Å²) in [6.07, 6.45) is 1.69. The van der Waals surface area contributed by atoms with E-state index in [4.69, 9.17) is 0 Å². The molecule has 0 bridgehead atoms. The molecule has 0 atom stereocenters. The molecule has 3 aromatic rings. The average Bonchev–Trinajstić information content (AvgIpc) is 3.32. The third kappa shape index (κ3) is 6.49. The Bertz CT molecular complexity index is 1310. The van der Waals surface area contributed by atoms with Crippen molar-refractivity contribution in [3.63, 3.8) is 0 Å². The minimum absolute atomic E-state index is 0. The average molecular weight is 569 g/mol. The summed E-state index contributed by atoms with van der Waals surface area (Å²) in [6, 6.07) is 10.9. The van der Waals surface area contributed by atoms with Gasteiger partial charge in [-0.1, -0.05) is 38.2 Å². The molecular formula is C26H34ClFN4O3S2. The number of nitrogens with zero attached hydrogens (tertiary/aromatic N) is 4. The van der Waals surface area contributed by atoms with Gasteiger partial charge in [0, 0.05) is 31.7 Å². The number of sulfonamides is 1. The Balaban J connectivity index is 0.00000380. The Morgan fingerprint density at radius 2 is 1.73 bits per heavy atom. The lowest BCUT2D eigenvalue weighted by molar-refractivity contribution is 0.0983. The molecule has 2 aromatic carbocycles. The summed E-state index contributed by atoms with van der Waals surface area (Å²) in [5.74, 6) is -0.195. The highest BCUT2D eigenvalue weighted by atomic mass is 35.5. The molecular weight excluding hydrogens is 535 g/mol. The van der Waals surface area contributed by atoms with Gasteiger partial charge in [-0.3, -0.25) is 9.69 Å². The molecule has 1 fully saturated rings. The van der Waals surface area contributed by atoms with Gasteiger partial charge in [-0.15, -0.1) is 12.4 Å². The molecule has 0 saturated carbocycles. The molecule has 0 N–H and O–H groups in total. The number of carbonyl (C=O) groups is 1. The highest BCUT2D eigenvalue weighted by Gasteiger charge is 2.29. The number of para-hydroxylation sites is 1. The van der Waals surface area contributed by atoms with Crippen molar-refractivity contribution in [3.8, 4) is 0 Å². The van der Waals surface area contributed by atoms with E-state index in [1.54, 1.807) is 29.2 Å². The van der Waals surface area contributed by atoms with Crippen molar-refractivity contribution in [2.24, 2.45) is 5.92 Å². The standard InChI is InChI=1S/C26H33FN4O3S2.ClH/c1-4-29(5-2)17-18-31(26-28-24-22(27)7-6-8-23(24)35-26)25(32)20-9-11-21(12-10-20)36(33,34)30-15-13-19(3)14-16-30;/h6-12,19H,4-5,13-18H2,1-3H3;1H. The second kappa shape index (κ2) is 12.6. The molecule has 1 aliphatic heterocycles. The third-order valence-corrected chi connectivity index (χ3v) is 9.81. The molecule has 0 spiro atoms. The van der Waals surface area contributed by atoms with Gasteiger partial charge in [0.05, 0.1) is 9.60 Å². The van der Waals surface area contributed by atoms with E-state index in [9.17, 15) is 17.6 Å². The van der Waals surface area contributed by atoms with Gasteiger partial charge in [0.1, 0.15) is 11.3 Å². The molecule has 0 unspecified atom stereocenters. The summed E-state index contributed by atoms with van der Waals surface area (Å²) < 4.78 is 42.7. The maximum atomic E-state index is 14.3. The van der Waals surface area contributed by atoms with Crippen molar-refractivity contribution >= 4 is 55.0 Å². The lowest BCUT2D eigenvalue weighted by Gasteiger charge is -2.29. The number of aromatic nitrogens is 1. The second-order valence-corrected chi connectivity index (χ2v) is 12.1. The predicted octanol–water partition coefficient (Wildman–Crippen LogP) is 5.27. The fourth-order valence-electron chi connectivity index (χ4n) is 4.38. The van der Waals surface area contributed by atoms with E-state index in [0.29, 0.717) is 47.5 Å². The lowest BCUT2D eigenvalue weighted by atomic mass is 10.0. The molecule has 0 aliphatic carbocycles. The molecule has 37 heavy (non-hydrogen) atoms. The smallest absolute Gasteiger partial charge is 0.260 e. The van der Waals surface area contributed by atoms with Gasteiger partial charge in [0.15, 0.2) is 5.13 Å². The first kappa shape index (κ1) is 29.4. The minimum Gasteiger partial charge on any atom is -0.302 e. The summed E-state index contributed by atoms with van der Waals surface area (Å²) >= 11 is 1.27. The maximum Gasteiger partial charge on any atom is 0.260 e. The van der Waals surface area contributed by atoms with Crippen molar-refractivity contribution in [2.75, 3.05) is 44.2 Å². The Hall–Kier alpha value is -2.11. The molecule has 1 aliphatic rings. The van der Waals surface area contributed by atoms with E-state index in [1.165, 1.54) is 33.8 Å². The Morgan fingerprint density at radius 3 is 2.32 bits per heavy atom. The number of hydrogen-bond acceptors (Lipinski definition) is 6. The number of benzene rings is 2. The quantitative estimate of drug-likeness (QED) is 0.352. The zero-order chi connectivity index (χ0) is 25.9. The monoisotopic (exact) mass is 568 g/mol. The molecule has 2 heterocycles. The highest BCUT2D eigenvalue weighted by molar-refractivity contribution is 7.89. The molecule has 1 amide bonds. The Kier molecular flexibility index (Phi) is 10.0. The van der Waals surface area contributed by atoms with E-state index in [0.717, 1.165) is 25.9 Å². The highest BCUT2D eigenvalue weighted by Crippen LogP contribution is 2.31. The molecule has 1 aromatic heterocycles. The molecule has 202 valence electrons. The van der Waals surface area contributed by atoms with Gasteiger partial charge < -0.3 is 4.90 Å². The van der Waals surface area contributed by atoms with E-state index in [-0.39, 0.29) is 28.7 Å². The van der Waals surface area contributed by atoms with Crippen LogP contribution in [0.3, 0.4) is 0 Å². The van der Waals surface area contributed by atoms with Crippen LogP contribution in [-0.4, -0.2) is 67.8 Å². The Labute approximate surface area is 228 Å². The molecule has 4 rings (SSSR count). The first-order valence-electron chi connectivity index (χ1n) is 12.4. The predicted molar refractivity (Wildman–Crippen MR) is 150 cm³/mol. The van der Waals surface area contributed by atoms with Crippen LogP contribution in [0.25, 0.3) is 10.2 Å². The van der Waals surface area contributed by atoms with Gasteiger partial charge in [0.2, 0.25) is 10.0 Å². The first-order valence-corrected chi connectivity index (χ1v) is 14.7. The van der Waals surface area contributed by atoms with Crippen LogP contribution in [0.15, 0.2) is 47.4 Å². The summed E-state index contributed by atoms with van der Waals surface area (Å²) in [4.78, 5) is 22.0. The van der Waals surface area contributed by atoms with Gasteiger partial charge >= 0.3 is 0 Å². The van der Waals surface area contributed by atoms with Crippen LogP contribution < -0.4 is 4.90 Å². The number of hydrogen-bond donors (Lipinski definition) is 0.